The SMILES string of the molecule is COCCN1CCC(C)N2C(=O)c3c(OCc4ccccc4)c(=O)c(C(=O)NCc4ccc(F)cc4)cn3CC12. The summed E-state index contributed by atoms with van der Waals surface area (Å²) in [5, 5.41) is 2.74. The van der Waals surface area contributed by atoms with E-state index in [4.69, 9.17) is 9.47 Å². The Kier molecular flexibility index (Phi) is 8.27. The normalized spacial score (nSPS) is 18.7. The van der Waals surface area contributed by atoms with Crippen molar-refractivity contribution in [2.45, 2.75) is 45.2 Å². The van der Waals surface area contributed by atoms with E-state index in [1.165, 1.54) is 18.3 Å². The standard InChI is InChI=1S/C30H33FN4O5/c1-20-12-13-33(14-15-39-2)25-18-34-17-24(29(37)32-16-21-8-10-23(31)11-9-21)27(36)28(26(34)30(38)35(20)25)40-19-22-6-4-3-5-7-22/h3-11,17,20,25H,12-16,18-19H2,1-2H3,(H,32,37). The van der Waals surface area contributed by atoms with Crippen molar-refractivity contribution in [3.05, 3.63) is 99.2 Å². The molecule has 2 aliphatic rings. The first-order valence-corrected chi connectivity index (χ1v) is 13.4. The number of amides is 2. The lowest BCUT2D eigenvalue weighted by atomic mass is 10.0. The van der Waals surface area contributed by atoms with Crippen molar-refractivity contribution in [3.8, 4) is 5.75 Å². The maximum Gasteiger partial charge on any atom is 0.276 e. The minimum atomic E-state index is -0.647. The molecule has 210 valence electrons. The van der Waals surface area contributed by atoms with Gasteiger partial charge >= 0.3 is 0 Å². The van der Waals surface area contributed by atoms with Gasteiger partial charge < -0.3 is 24.3 Å². The Labute approximate surface area is 232 Å². The number of aromatic nitrogens is 1. The first-order valence-electron chi connectivity index (χ1n) is 13.4. The van der Waals surface area contributed by atoms with Crippen LogP contribution in [-0.2, 0) is 24.4 Å². The third-order valence-electron chi connectivity index (χ3n) is 7.51. The molecule has 1 aromatic heterocycles. The second-order valence-corrected chi connectivity index (χ2v) is 10.1. The number of hydrogen-bond acceptors (Lipinski definition) is 6. The van der Waals surface area contributed by atoms with E-state index in [2.05, 4.69) is 10.2 Å². The number of methoxy groups -OCH3 is 1. The summed E-state index contributed by atoms with van der Waals surface area (Å²) in [4.78, 5) is 45.0. The molecule has 0 saturated carbocycles. The topological polar surface area (TPSA) is 93.1 Å². The Morgan fingerprint density at radius 2 is 1.82 bits per heavy atom. The molecule has 2 aromatic carbocycles. The van der Waals surface area contributed by atoms with Crippen LogP contribution >= 0.6 is 0 Å². The van der Waals surface area contributed by atoms with Crippen LogP contribution in [0.5, 0.6) is 5.75 Å². The molecule has 0 radical (unpaired) electrons. The second-order valence-electron chi connectivity index (χ2n) is 10.1. The minimum absolute atomic E-state index is 0.0270. The lowest BCUT2D eigenvalue weighted by Gasteiger charge is -2.50. The molecule has 1 saturated heterocycles. The number of rotatable bonds is 9. The lowest BCUT2D eigenvalue weighted by molar-refractivity contribution is -0.0397. The Bertz CT molecular complexity index is 1420. The van der Waals surface area contributed by atoms with Gasteiger partial charge in [-0.25, -0.2) is 4.39 Å². The maximum atomic E-state index is 14.0. The summed E-state index contributed by atoms with van der Waals surface area (Å²) >= 11 is 0. The van der Waals surface area contributed by atoms with Gasteiger partial charge in [-0.15, -0.1) is 0 Å². The maximum absolute atomic E-state index is 14.0. The number of carbonyl (C=O) groups is 2. The lowest BCUT2D eigenvalue weighted by Crippen LogP contribution is -2.64. The van der Waals surface area contributed by atoms with Gasteiger partial charge in [0, 0.05) is 39.0 Å². The van der Waals surface area contributed by atoms with Gasteiger partial charge in [0.2, 0.25) is 5.43 Å². The fourth-order valence-corrected chi connectivity index (χ4v) is 5.33. The fourth-order valence-electron chi connectivity index (χ4n) is 5.33. The van der Waals surface area contributed by atoms with Crippen LogP contribution in [0, 0.1) is 5.82 Å². The Morgan fingerprint density at radius 1 is 1.07 bits per heavy atom. The van der Waals surface area contributed by atoms with Gasteiger partial charge in [-0.3, -0.25) is 19.3 Å². The van der Waals surface area contributed by atoms with Crippen LogP contribution < -0.4 is 15.5 Å². The minimum Gasteiger partial charge on any atom is -0.483 e. The van der Waals surface area contributed by atoms with E-state index in [0.29, 0.717) is 25.3 Å². The highest BCUT2D eigenvalue weighted by atomic mass is 19.1. The molecule has 0 bridgehead atoms. The first-order chi connectivity index (χ1) is 19.4. The molecule has 1 N–H and O–H groups in total. The smallest absolute Gasteiger partial charge is 0.276 e. The van der Waals surface area contributed by atoms with Crippen molar-refractivity contribution in [2.24, 2.45) is 0 Å². The third-order valence-corrected chi connectivity index (χ3v) is 7.51. The molecule has 5 rings (SSSR count). The third kappa shape index (κ3) is 5.64. The average Bonchev–Trinajstić information content (AvgIpc) is 2.96. The molecule has 2 aliphatic heterocycles. The highest BCUT2D eigenvalue weighted by Crippen LogP contribution is 2.31. The van der Waals surface area contributed by atoms with E-state index in [0.717, 1.165) is 18.5 Å². The van der Waals surface area contributed by atoms with Crippen molar-refractivity contribution in [1.29, 1.82) is 0 Å². The zero-order valence-electron chi connectivity index (χ0n) is 22.6. The Balaban J connectivity index is 1.51. The predicted molar refractivity (Wildman–Crippen MR) is 147 cm³/mol. The number of nitrogens with zero attached hydrogens (tertiary/aromatic N) is 3. The molecule has 9 nitrogen and oxygen atoms in total. The quantitative estimate of drug-likeness (QED) is 0.442. The van der Waals surface area contributed by atoms with E-state index in [1.807, 2.05) is 42.2 Å². The van der Waals surface area contributed by atoms with E-state index in [9.17, 15) is 18.8 Å². The highest BCUT2D eigenvalue weighted by molar-refractivity contribution is 5.99. The Morgan fingerprint density at radius 3 is 2.55 bits per heavy atom. The monoisotopic (exact) mass is 548 g/mol. The number of fused-ring (bicyclic) bond motifs is 2. The van der Waals surface area contributed by atoms with Crippen LogP contribution in [0.1, 0.15) is 45.3 Å². The largest absolute Gasteiger partial charge is 0.483 e. The zero-order chi connectivity index (χ0) is 28.2. The van der Waals surface area contributed by atoms with Crippen molar-refractivity contribution >= 4 is 11.8 Å². The molecule has 1 fully saturated rings. The molecule has 3 heterocycles. The molecule has 0 spiro atoms. The summed E-state index contributed by atoms with van der Waals surface area (Å²) < 4.78 is 26.3. The zero-order valence-corrected chi connectivity index (χ0v) is 22.6. The number of carbonyl (C=O) groups excluding carboxylic acids is 2. The van der Waals surface area contributed by atoms with E-state index in [1.54, 1.807) is 23.8 Å². The van der Waals surface area contributed by atoms with Gasteiger partial charge in [0.15, 0.2) is 11.4 Å². The summed E-state index contributed by atoms with van der Waals surface area (Å²) in [5.74, 6) is -1.41. The van der Waals surface area contributed by atoms with Gasteiger partial charge in [-0.2, -0.15) is 0 Å². The van der Waals surface area contributed by atoms with Gasteiger partial charge in [-0.1, -0.05) is 42.5 Å². The molecule has 2 atom stereocenters. The van der Waals surface area contributed by atoms with E-state index >= 15 is 0 Å². The van der Waals surface area contributed by atoms with Crippen LogP contribution in [0.2, 0.25) is 0 Å². The van der Waals surface area contributed by atoms with Crippen LogP contribution in [0.4, 0.5) is 4.39 Å². The molecule has 3 aromatic rings. The molecular weight excluding hydrogens is 515 g/mol. The van der Waals surface area contributed by atoms with Crippen LogP contribution in [0.25, 0.3) is 0 Å². The molecular formula is C30H33FN4O5. The number of hydrogen-bond donors (Lipinski definition) is 1. The van der Waals surface area contributed by atoms with Crippen molar-refractivity contribution in [3.63, 3.8) is 0 Å². The number of nitrogens with one attached hydrogen (secondary N) is 1. The molecule has 40 heavy (non-hydrogen) atoms. The fraction of sp³-hybridized carbons (Fsp3) is 0.367. The van der Waals surface area contributed by atoms with Gasteiger partial charge in [-0.05, 0) is 36.6 Å². The molecule has 2 amide bonds. The van der Waals surface area contributed by atoms with Crippen LogP contribution in [0.3, 0.4) is 0 Å². The number of benzene rings is 2. The van der Waals surface area contributed by atoms with Gasteiger partial charge in [0.25, 0.3) is 11.8 Å². The van der Waals surface area contributed by atoms with Crippen molar-refractivity contribution in [2.75, 3.05) is 26.8 Å². The Hall–Kier alpha value is -4.02. The number of ether oxygens (including phenoxy) is 2. The van der Waals surface area contributed by atoms with Gasteiger partial charge in [0.1, 0.15) is 24.2 Å². The number of halogens is 1. The van der Waals surface area contributed by atoms with E-state index in [-0.39, 0.29) is 54.1 Å². The van der Waals surface area contributed by atoms with E-state index < -0.39 is 11.3 Å². The first kappa shape index (κ1) is 27.5. The number of pyridine rings is 1. The average molecular weight is 549 g/mol. The summed E-state index contributed by atoms with van der Waals surface area (Å²) in [6, 6.07) is 15.0. The predicted octanol–water partition coefficient (Wildman–Crippen LogP) is 3.02. The second kappa shape index (κ2) is 12.0. The summed E-state index contributed by atoms with van der Waals surface area (Å²) in [7, 11) is 1.64. The highest BCUT2D eigenvalue weighted by Gasteiger charge is 2.43. The van der Waals surface area contributed by atoms with Crippen LogP contribution in [0.15, 0.2) is 65.6 Å². The molecule has 10 heteroatoms. The summed E-state index contributed by atoms with van der Waals surface area (Å²) in [6.45, 7) is 4.52. The molecule has 2 unspecified atom stereocenters. The van der Waals surface area contributed by atoms with Crippen LogP contribution in [-0.4, -0.2) is 65.2 Å². The molecule has 0 aliphatic carbocycles. The summed E-state index contributed by atoms with van der Waals surface area (Å²) in [5.41, 5.74) is 0.885. The van der Waals surface area contributed by atoms with Gasteiger partial charge in [0.05, 0.1) is 13.2 Å². The van der Waals surface area contributed by atoms with Crippen molar-refractivity contribution < 1.29 is 23.5 Å². The summed E-state index contributed by atoms with van der Waals surface area (Å²) in [6.07, 6.45) is 1.99. The van der Waals surface area contributed by atoms with Crippen molar-refractivity contribution in [1.82, 2.24) is 19.7 Å².